The summed E-state index contributed by atoms with van der Waals surface area (Å²) in [6.45, 7) is 5.31. The molecule has 2 N–H and O–H groups in total. The Bertz CT molecular complexity index is 1400. The molecule has 34 heavy (non-hydrogen) atoms. The number of aromatic nitrogens is 1. The average Bonchev–Trinajstić information content (AvgIpc) is 3.05. The van der Waals surface area contributed by atoms with Crippen LogP contribution in [0.2, 0.25) is 0 Å². The number of carbonyl (C=O) groups is 4. The number of amides is 4. The fourth-order valence-corrected chi connectivity index (χ4v) is 4.04. The number of barbiturate groups is 1. The van der Waals surface area contributed by atoms with E-state index in [1.165, 1.54) is 24.3 Å². The summed E-state index contributed by atoms with van der Waals surface area (Å²) >= 11 is 0. The largest absolute Gasteiger partial charge is 0.478 e. The van der Waals surface area contributed by atoms with E-state index >= 15 is 0 Å². The molecule has 8 nitrogen and oxygen atoms in total. The minimum absolute atomic E-state index is 0.119. The number of carboxylic acids is 1. The van der Waals surface area contributed by atoms with E-state index in [1.54, 1.807) is 32.0 Å². The Balaban J connectivity index is 1.79. The number of rotatable bonds is 4. The number of anilines is 1. The predicted molar refractivity (Wildman–Crippen MR) is 122 cm³/mol. The highest BCUT2D eigenvalue weighted by atomic mass is 19.1. The van der Waals surface area contributed by atoms with Crippen molar-refractivity contribution in [2.45, 2.75) is 20.8 Å². The first-order valence-corrected chi connectivity index (χ1v) is 10.3. The number of nitrogens with zero attached hydrogens (tertiary/aromatic N) is 2. The molecule has 2 aromatic carbocycles. The average molecular weight is 461 g/mol. The number of carboxylic acid groups (broad SMARTS) is 1. The van der Waals surface area contributed by atoms with Gasteiger partial charge in [-0.25, -0.2) is 18.9 Å². The van der Waals surface area contributed by atoms with Crippen LogP contribution in [-0.2, 0) is 9.59 Å². The molecule has 4 amide bonds. The number of carbonyl (C=O) groups excluding carboxylic acids is 3. The van der Waals surface area contributed by atoms with Crippen molar-refractivity contribution in [1.29, 1.82) is 0 Å². The van der Waals surface area contributed by atoms with Crippen molar-refractivity contribution >= 4 is 35.6 Å². The van der Waals surface area contributed by atoms with Crippen molar-refractivity contribution in [3.63, 3.8) is 0 Å². The molecule has 172 valence electrons. The zero-order valence-corrected chi connectivity index (χ0v) is 18.5. The Labute approximate surface area is 193 Å². The molecule has 0 spiro atoms. The van der Waals surface area contributed by atoms with E-state index in [2.05, 4.69) is 5.32 Å². The van der Waals surface area contributed by atoms with Crippen molar-refractivity contribution < 1.29 is 28.7 Å². The first kappa shape index (κ1) is 22.7. The molecule has 2 heterocycles. The third-order valence-corrected chi connectivity index (χ3v) is 5.73. The van der Waals surface area contributed by atoms with Gasteiger partial charge in [0, 0.05) is 17.1 Å². The predicted octanol–water partition coefficient (Wildman–Crippen LogP) is 3.91. The molecule has 1 fully saturated rings. The van der Waals surface area contributed by atoms with Crippen LogP contribution in [0.5, 0.6) is 0 Å². The van der Waals surface area contributed by atoms with Crippen molar-refractivity contribution in [3.05, 3.63) is 88.0 Å². The molecule has 0 unspecified atom stereocenters. The second kappa shape index (κ2) is 8.43. The van der Waals surface area contributed by atoms with Gasteiger partial charge in [0.15, 0.2) is 0 Å². The summed E-state index contributed by atoms with van der Waals surface area (Å²) < 4.78 is 15.1. The Morgan fingerprint density at radius 2 is 1.71 bits per heavy atom. The van der Waals surface area contributed by atoms with Crippen LogP contribution in [-0.4, -0.2) is 33.5 Å². The second-order valence-electron chi connectivity index (χ2n) is 7.85. The highest BCUT2D eigenvalue weighted by Crippen LogP contribution is 2.28. The smallest absolute Gasteiger partial charge is 0.336 e. The van der Waals surface area contributed by atoms with Gasteiger partial charge in [-0.05, 0) is 80.4 Å². The molecule has 9 heteroatoms. The van der Waals surface area contributed by atoms with Crippen LogP contribution in [0.3, 0.4) is 0 Å². The van der Waals surface area contributed by atoms with Crippen molar-refractivity contribution in [3.8, 4) is 5.69 Å². The number of halogens is 1. The number of imide groups is 2. The van der Waals surface area contributed by atoms with Gasteiger partial charge >= 0.3 is 12.0 Å². The van der Waals surface area contributed by atoms with Gasteiger partial charge in [-0.2, -0.15) is 0 Å². The summed E-state index contributed by atoms with van der Waals surface area (Å²) in [5, 5.41) is 11.6. The van der Waals surface area contributed by atoms with E-state index < -0.39 is 29.6 Å². The number of hydrogen-bond acceptors (Lipinski definition) is 4. The summed E-state index contributed by atoms with van der Waals surface area (Å²) in [7, 11) is 0. The minimum Gasteiger partial charge on any atom is -0.478 e. The number of benzene rings is 2. The molecular weight excluding hydrogens is 441 g/mol. The first-order valence-electron chi connectivity index (χ1n) is 10.3. The number of urea groups is 1. The number of nitrogens with one attached hydrogen (secondary N) is 1. The standard InChI is InChI=1S/C25H20FN3O5/c1-13-11-16(15(3)28(13)21-6-4-5-19(14(21)2)24(32)33)12-20-22(30)27-25(34)29(23(20)31)18-9-7-17(26)8-10-18/h4-12H,1-3H3,(H,32,33)(H,27,30,34)/b20-12+. The van der Waals surface area contributed by atoms with Crippen LogP contribution in [0.1, 0.15) is 32.9 Å². The Kier molecular flexibility index (Phi) is 5.62. The number of aryl methyl sites for hydroxylation is 1. The maximum atomic E-state index is 13.3. The highest BCUT2D eigenvalue weighted by Gasteiger charge is 2.37. The first-order chi connectivity index (χ1) is 16.1. The van der Waals surface area contributed by atoms with Gasteiger partial charge in [0.25, 0.3) is 11.8 Å². The summed E-state index contributed by atoms with van der Waals surface area (Å²) in [6, 6.07) is 10.5. The number of aromatic carboxylic acids is 1. The quantitative estimate of drug-likeness (QED) is 0.452. The van der Waals surface area contributed by atoms with Gasteiger partial charge in [0.2, 0.25) is 0 Å². The van der Waals surface area contributed by atoms with Crippen molar-refractivity contribution in [2.75, 3.05) is 4.90 Å². The molecular formula is C25H20FN3O5. The number of hydrogen-bond donors (Lipinski definition) is 2. The molecule has 0 radical (unpaired) electrons. The molecule has 1 saturated heterocycles. The zero-order valence-electron chi connectivity index (χ0n) is 18.5. The fourth-order valence-electron chi connectivity index (χ4n) is 4.04. The fraction of sp³-hybridized carbons (Fsp3) is 0.120. The Hall–Kier alpha value is -4.53. The van der Waals surface area contributed by atoms with Crippen LogP contribution in [0.4, 0.5) is 14.9 Å². The third-order valence-electron chi connectivity index (χ3n) is 5.73. The molecule has 4 rings (SSSR count). The summed E-state index contributed by atoms with van der Waals surface area (Å²) in [5.74, 6) is -3.26. The van der Waals surface area contributed by atoms with Crippen LogP contribution in [0, 0.1) is 26.6 Å². The van der Waals surface area contributed by atoms with Gasteiger partial charge in [0.05, 0.1) is 11.3 Å². The van der Waals surface area contributed by atoms with Crippen LogP contribution < -0.4 is 10.2 Å². The van der Waals surface area contributed by atoms with E-state index in [4.69, 9.17) is 0 Å². The van der Waals surface area contributed by atoms with Crippen LogP contribution in [0.25, 0.3) is 11.8 Å². The minimum atomic E-state index is -1.04. The van der Waals surface area contributed by atoms with Gasteiger partial charge in [-0.3, -0.25) is 14.9 Å². The van der Waals surface area contributed by atoms with Crippen molar-refractivity contribution in [1.82, 2.24) is 9.88 Å². The van der Waals surface area contributed by atoms with E-state index in [1.807, 2.05) is 11.5 Å². The van der Waals surface area contributed by atoms with Crippen molar-refractivity contribution in [2.24, 2.45) is 0 Å². The second-order valence-corrected chi connectivity index (χ2v) is 7.85. The SMILES string of the molecule is Cc1c(C(=O)O)cccc1-n1c(C)cc(/C=C2\C(=O)NC(=O)N(c3ccc(F)cc3)C2=O)c1C. The summed E-state index contributed by atoms with van der Waals surface area (Å²) in [6.07, 6.45) is 1.38. The molecule has 0 aliphatic carbocycles. The molecule has 1 aliphatic rings. The summed E-state index contributed by atoms with van der Waals surface area (Å²) in [4.78, 5) is 50.3. The summed E-state index contributed by atoms with van der Waals surface area (Å²) in [5.41, 5.74) is 3.21. The van der Waals surface area contributed by atoms with Gasteiger partial charge < -0.3 is 9.67 Å². The Morgan fingerprint density at radius 3 is 2.35 bits per heavy atom. The maximum Gasteiger partial charge on any atom is 0.336 e. The molecule has 1 aromatic heterocycles. The highest BCUT2D eigenvalue weighted by molar-refractivity contribution is 6.39. The van der Waals surface area contributed by atoms with E-state index in [0.717, 1.165) is 22.7 Å². The molecule has 3 aromatic rings. The van der Waals surface area contributed by atoms with E-state index in [9.17, 15) is 28.7 Å². The Morgan fingerprint density at radius 1 is 1.03 bits per heavy atom. The monoisotopic (exact) mass is 461 g/mol. The van der Waals surface area contributed by atoms with Gasteiger partial charge in [0.1, 0.15) is 11.4 Å². The van der Waals surface area contributed by atoms with Gasteiger partial charge in [-0.1, -0.05) is 6.07 Å². The third kappa shape index (κ3) is 3.77. The van der Waals surface area contributed by atoms with E-state index in [0.29, 0.717) is 22.5 Å². The van der Waals surface area contributed by atoms with Gasteiger partial charge in [-0.15, -0.1) is 0 Å². The topological polar surface area (TPSA) is 109 Å². The lowest BCUT2D eigenvalue weighted by molar-refractivity contribution is -0.122. The maximum absolute atomic E-state index is 13.3. The molecule has 1 aliphatic heterocycles. The molecule has 0 saturated carbocycles. The van der Waals surface area contributed by atoms with Crippen LogP contribution in [0.15, 0.2) is 54.1 Å². The normalized spacial score (nSPS) is 15.1. The van der Waals surface area contributed by atoms with E-state index in [-0.39, 0.29) is 16.8 Å². The molecule has 0 bridgehead atoms. The zero-order chi connectivity index (χ0) is 24.7. The lowest BCUT2D eigenvalue weighted by Crippen LogP contribution is -2.54. The lowest BCUT2D eigenvalue weighted by Gasteiger charge is -2.26. The lowest BCUT2D eigenvalue weighted by atomic mass is 10.1. The molecule has 0 atom stereocenters. The van der Waals surface area contributed by atoms with Crippen LogP contribution >= 0.6 is 0 Å².